The molecule has 0 saturated carbocycles. The summed E-state index contributed by atoms with van der Waals surface area (Å²) < 4.78 is 28.1. The van der Waals surface area contributed by atoms with Gasteiger partial charge in [-0.05, 0) is 38.6 Å². The van der Waals surface area contributed by atoms with Crippen LogP contribution in [0.1, 0.15) is 24.0 Å². The molecule has 142 valence electrons. The molecule has 1 N–H and O–H groups in total. The fourth-order valence-corrected chi connectivity index (χ4v) is 4.98. The summed E-state index contributed by atoms with van der Waals surface area (Å²) in [6.45, 7) is 2.26. The van der Waals surface area contributed by atoms with E-state index >= 15 is 0 Å². The average molecular weight is 390 g/mol. The van der Waals surface area contributed by atoms with Crippen molar-refractivity contribution in [1.29, 1.82) is 0 Å². The molecular weight excluding hydrogens is 366 g/mol. The number of rotatable bonds is 6. The Bertz CT molecular complexity index is 1230. The van der Waals surface area contributed by atoms with E-state index in [0.29, 0.717) is 6.54 Å². The van der Waals surface area contributed by atoms with E-state index in [0.717, 1.165) is 32.7 Å². The van der Waals surface area contributed by atoms with Gasteiger partial charge in [-0.15, -0.1) is 0 Å². The highest BCUT2D eigenvalue weighted by Gasteiger charge is 2.17. The van der Waals surface area contributed by atoms with Crippen molar-refractivity contribution in [2.45, 2.75) is 19.4 Å². The fraction of sp³-hybridized carbons (Fsp3) is 0.167. The summed E-state index contributed by atoms with van der Waals surface area (Å²) in [4.78, 5) is 0. The van der Waals surface area contributed by atoms with E-state index < -0.39 is 10.0 Å². The first-order valence-corrected chi connectivity index (χ1v) is 11.1. The van der Waals surface area contributed by atoms with Crippen LogP contribution in [0.25, 0.3) is 21.5 Å². The zero-order chi connectivity index (χ0) is 19.6. The minimum absolute atomic E-state index is 0.0656. The van der Waals surface area contributed by atoms with E-state index in [1.807, 2.05) is 67.6 Å². The van der Waals surface area contributed by atoms with Crippen LogP contribution in [0.15, 0.2) is 84.9 Å². The van der Waals surface area contributed by atoms with Crippen molar-refractivity contribution >= 4 is 31.6 Å². The normalized spacial score (nSPS) is 13.0. The molecule has 0 bridgehead atoms. The Morgan fingerprint density at radius 2 is 1.46 bits per heavy atom. The summed E-state index contributed by atoms with van der Waals surface area (Å²) in [6, 6.07) is 28.3. The summed E-state index contributed by atoms with van der Waals surface area (Å²) in [5.74, 6) is -0.0227. The van der Waals surface area contributed by atoms with Gasteiger partial charge in [0.1, 0.15) is 0 Å². The molecule has 0 spiro atoms. The average Bonchev–Trinajstić information content (AvgIpc) is 2.71. The molecule has 0 aliphatic heterocycles. The van der Waals surface area contributed by atoms with Gasteiger partial charge in [0.25, 0.3) is 0 Å². The zero-order valence-corrected chi connectivity index (χ0v) is 16.6. The van der Waals surface area contributed by atoms with Crippen molar-refractivity contribution in [3.63, 3.8) is 0 Å². The molecule has 4 aromatic rings. The Hall–Kier alpha value is -2.69. The van der Waals surface area contributed by atoms with Crippen molar-refractivity contribution < 1.29 is 8.42 Å². The van der Waals surface area contributed by atoms with Crippen molar-refractivity contribution in [1.82, 2.24) is 4.72 Å². The second-order valence-corrected chi connectivity index (χ2v) is 9.10. The van der Waals surface area contributed by atoms with Gasteiger partial charge in [0.2, 0.25) is 10.0 Å². The molecule has 0 heterocycles. The van der Waals surface area contributed by atoms with E-state index in [2.05, 4.69) is 29.0 Å². The molecule has 0 fully saturated rings. The topological polar surface area (TPSA) is 46.2 Å². The number of nitrogens with one attached hydrogen (secondary N) is 1. The number of hydrogen-bond donors (Lipinski definition) is 1. The standard InChI is InChI=1S/C24H23NO2S/c1-18(21-14-13-19-7-2-3-9-22(19)15-21)17-28(26,27)25-16-23-11-6-10-20-8-4-5-12-24(20)23/h2-15,18,25H,16-17H2,1H3. The maximum Gasteiger partial charge on any atom is 0.212 e. The first-order chi connectivity index (χ1) is 13.5. The second kappa shape index (κ2) is 7.74. The van der Waals surface area contributed by atoms with Gasteiger partial charge in [-0.25, -0.2) is 13.1 Å². The van der Waals surface area contributed by atoms with Gasteiger partial charge in [0.15, 0.2) is 0 Å². The number of benzene rings is 4. The van der Waals surface area contributed by atoms with Gasteiger partial charge in [0, 0.05) is 6.54 Å². The predicted molar refractivity (Wildman–Crippen MR) is 117 cm³/mol. The lowest BCUT2D eigenvalue weighted by atomic mass is 9.99. The van der Waals surface area contributed by atoms with Gasteiger partial charge in [-0.2, -0.15) is 0 Å². The first-order valence-electron chi connectivity index (χ1n) is 9.44. The molecular formula is C24H23NO2S. The fourth-order valence-electron chi connectivity index (χ4n) is 3.63. The third kappa shape index (κ3) is 4.08. The lowest BCUT2D eigenvalue weighted by molar-refractivity contribution is 0.576. The van der Waals surface area contributed by atoms with Crippen LogP contribution < -0.4 is 4.72 Å². The first kappa shape index (κ1) is 18.7. The minimum Gasteiger partial charge on any atom is -0.212 e. The Morgan fingerprint density at radius 3 is 2.29 bits per heavy atom. The third-order valence-corrected chi connectivity index (χ3v) is 6.70. The Morgan fingerprint density at radius 1 is 0.786 bits per heavy atom. The van der Waals surface area contributed by atoms with Crippen LogP contribution in [-0.2, 0) is 16.6 Å². The van der Waals surface area contributed by atoms with E-state index in [9.17, 15) is 8.42 Å². The van der Waals surface area contributed by atoms with Crippen LogP contribution in [0.5, 0.6) is 0 Å². The van der Waals surface area contributed by atoms with Crippen LogP contribution in [0, 0.1) is 0 Å². The van der Waals surface area contributed by atoms with E-state index in [4.69, 9.17) is 0 Å². The molecule has 0 aliphatic carbocycles. The number of fused-ring (bicyclic) bond motifs is 2. The van der Waals surface area contributed by atoms with Crippen molar-refractivity contribution in [2.75, 3.05) is 5.75 Å². The number of hydrogen-bond acceptors (Lipinski definition) is 2. The van der Waals surface area contributed by atoms with E-state index in [1.165, 1.54) is 0 Å². The van der Waals surface area contributed by atoms with Gasteiger partial charge in [-0.1, -0.05) is 91.9 Å². The Labute approximate surface area is 166 Å². The van der Waals surface area contributed by atoms with Crippen molar-refractivity contribution in [2.24, 2.45) is 0 Å². The highest BCUT2D eigenvalue weighted by molar-refractivity contribution is 7.89. The summed E-state index contributed by atoms with van der Waals surface area (Å²) in [5.41, 5.74) is 2.02. The molecule has 0 aromatic heterocycles. The molecule has 28 heavy (non-hydrogen) atoms. The quantitative estimate of drug-likeness (QED) is 0.492. The predicted octanol–water partition coefficient (Wildman–Crippen LogP) is 5.22. The van der Waals surface area contributed by atoms with Crippen molar-refractivity contribution in [3.8, 4) is 0 Å². The molecule has 4 aromatic carbocycles. The largest absolute Gasteiger partial charge is 0.212 e. The summed E-state index contributed by atoms with van der Waals surface area (Å²) in [7, 11) is -3.40. The smallest absolute Gasteiger partial charge is 0.212 e. The summed E-state index contributed by atoms with van der Waals surface area (Å²) in [5, 5.41) is 4.49. The molecule has 0 amide bonds. The van der Waals surface area contributed by atoms with Crippen LogP contribution in [0.4, 0.5) is 0 Å². The zero-order valence-electron chi connectivity index (χ0n) is 15.8. The molecule has 0 aliphatic rings. The van der Waals surface area contributed by atoms with Gasteiger partial charge < -0.3 is 0 Å². The van der Waals surface area contributed by atoms with Crippen molar-refractivity contribution in [3.05, 3.63) is 96.1 Å². The monoisotopic (exact) mass is 389 g/mol. The molecule has 0 saturated heterocycles. The number of sulfonamides is 1. The molecule has 4 heteroatoms. The van der Waals surface area contributed by atoms with E-state index in [1.54, 1.807) is 0 Å². The lowest BCUT2D eigenvalue weighted by Crippen LogP contribution is -2.28. The highest BCUT2D eigenvalue weighted by atomic mass is 32.2. The Kier molecular flexibility index (Phi) is 5.16. The second-order valence-electron chi connectivity index (χ2n) is 7.25. The molecule has 1 unspecified atom stereocenters. The van der Waals surface area contributed by atoms with Crippen LogP contribution >= 0.6 is 0 Å². The highest BCUT2D eigenvalue weighted by Crippen LogP contribution is 2.23. The van der Waals surface area contributed by atoms with Gasteiger partial charge >= 0.3 is 0 Å². The maximum atomic E-state index is 12.7. The van der Waals surface area contributed by atoms with Gasteiger partial charge in [0.05, 0.1) is 5.75 Å². The van der Waals surface area contributed by atoms with Gasteiger partial charge in [-0.3, -0.25) is 0 Å². The molecule has 3 nitrogen and oxygen atoms in total. The minimum atomic E-state index is -3.40. The van der Waals surface area contributed by atoms with Crippen LogP contribution in [-0.4, -0.2) is 14.2 Å². The summed E-state index contributed by atoms with van der Waals surface area (Å²) in [6.07, 6.45) is 0. The molecule has 4 rings (SSSR count). The Balaban J connectivity index is 1.48. The third-order valence-electron chi connectivity index (χ3n) is 5.17. The summed E-state index contributed by atoms with van der Waals surface area (Å²) >= 11 is 0. The van der Waals surface area contributed by atoms with E-state index in [-0.39, 0.29) is 11.7 Å². The van der Waals surface area contributed by atoms with Crippen LogP contribution in [0.3, 0.4) is 0 Å². The SMILES string of the molecule is CC(CS(=O)(=O)NCc1cccc2ccccc12)c1ccc2ccccc2c1. The lowest BCUT2D eigenvalue weighted by Gasteiger charge is -2.15. The van der Waals surface area contributed by atoms with Crippen LogP contribution in [0.2, 0.25) is 0 Å². The molecule has 0 radical (unpaired) electrons. The molecule has 1 atom stereocenters. The maximum absolute atomic E-state index is 12.7.